The number of rotatable bonds is 2. The SMILES string of the molecule is CC(C)(C)OC1=CCC(OC(C)(C)C)C=C1. The van der Waals surface area contributed by atoms with E-state index in [1.165, 1.54) is 0 Å². The highest BCUT2D eigenvalue weighted by Gasteiger charge is 2.19. The van der Waals surface area contributed by atoms with Gasteiger partial charge in [0.05, 0.1) is 11.7 Å². The zero-order valence-electron chi connectivity index (χ0n) is 11.3. The maximum absolute atomic E-state index is 5.87. The third-order valence-corrected chi connectivity index (χ3v) is 1.96. The molecule has 0 saturated carbocycles. The third kappa shape index (κ3) is 5.36. The lowest BCUT2D eigenvalue weighted by molar-refractivity contribution is -0.0385. The van der Waals surface area contributed by atoms with Crippen molar-refractivity contribution < 1.29 is 9.47 Å². The van der Waals surface area contributed by atoms with E-state index < -0.39 is 0 Å². The van der Waals surface area contributed by atoms with Crippen LogP contribution in [0.2, 0.25) is 0 Å². The van der Waals surface area contributed by atoms with Gasteiger partial charge in [0.15, 0.2) is 0 Å². The van der Waals surface area contributed by atoms with Crippen LogP contribution in [0.15, 0.2) is 24.0 Å². The maximum Gasteiger partial charge on any atom is 0.116 e. The van der Waals surface area contributed by atoms with Crippen molar-refractivity contribution in [1.29, 1.82) is 0 Å². The Hall–Kier alpha value is -0.760. The summed E-state index contributed by atoms with van der Waals surface area (Å²) >= 11 is 0. The van der Waals surface area contributed by atoms with Crippen LogP contribution in [-0.2, 0) is 9.47 Å². The van der Waals surface area contributed by atoms with Crippen molar-refractivity contribution in [3.8, 4) is 0 Å². The topological polar surface area (TPSA) is 18.5 Å². The smallest absolute Gasteiger partial charge is 0.116 e. The molecule has 0 N–H and O–H groups in total. The van der Waals surface area contributed by atoms with Gasteiger partial charge in [0.1, 0.15) is 11.4 Å². The standard InChI is InChI=1S/C14H24O2/c1-13(2,3)15-11-7-9-12(10-8-11)16-14(4,5)6/h7-9,12H,10H2,1-6H3. The van der Waals surface area contributed by atoms with E-state index >= 15 is 0 Å². The van der Waals surface area contributed by atoms with Gasteiger partial charge in [0.2, 0.25) is 0 Å². The van der Waals surface area contributed by atoms with Crippen molar-refractivity contribution in [2.24, 2.45) is 0 Å². The molecule has 1 aliphatic rings. The fraction of sp³-hybridized carbons (Fsp3) is 0.714. The van der Waals surface area contributed by atoms with Crippen LogP contribution in [-0.4, -0.2) is 17.3 Å². The molecule has 1 atom stereocenters. The molecule has 0 aliphatic heterocycles. The molecular weight excluding hydrogens is 200 g/mol. The predicted octanol–water partition coefficient (Wildman–Crippen LogP) is 3.83. The minimum absolute atomic E-state index is 0.0920. The molecule has 0 spiro atoms. The van der Waals surface area contributed by atoms with E-state index in [1.54, 1.807) is 0 Å². The van der Waals surface area contributed by atoms with Crippen molar-refractivity contribution >= 4 is 0 Å². The van der Waals surface area contributed by atoms with Gasteiger partial charge in [0.25, 0.3) is 0 Å². The largest absolute Gasteiger partial charge is 0.489 e. The van der Waals surface area contributed by atoms with Gasteiger partial charge in [-0.15, -0.1) is 0 Å². The lowest BCUT2D eigenvalue weighted by Crippen LogP contribution is -2.27. The van der Waals surface area contributed by atoms with Gasteiger partial charge >= 0.3 is 0 Å². The fourth-order valence-corrected chi connectivity index (χ4v) is 1.55. The molecule has 0 aromatic carbocycles. The number of hydrogen-bond donors (Lipinski definition) is 0. The van der Waals surface area contributed by atoms with Crippen LogP contribution in [0.4, 0.5) is 0 Å². The zero-order chi connectivity index (χ0) is 12.4. The first-order valence-electron chi connectivity index (χ1n) is 5.91. The minimum Gasteiger partial charge on any atom is -0.489 e. The number of hydrogen-bond acceptors (Lipinski definition) is 2. The van der Waals surface area contributed by atoms with Crippen LogP contribution < -0.4 is 0 Å². The number of ether oxygens (including phenoxy) is 2. The molecule has 0 fully saturated rings. The van der Waals surface area contributed by atoms with Crippen LogP contribution in [0, 0.1) is 0 Å². The van der Waals surface area contributed by atoms with Crippen LogP contribution in [0.25, 0.3) is 0 Å². The van der Waals surface area contributed by atoms with Gasteiger partial charge in [-0.3, -0.25) is 0 Å². The summed E-state index contributed by atoms with van der Waals surface area (Å²) in [7, 11) is 0. The molecular formula is C14H24O2. The van der Waals surface area contributed by atoms with Crippen LogP contribution in [0.3, 0.4) is 0 Å². The van der Waals surface area contributed by atoms with Crippen LogP contribution >= 0.6 is 0 Å². The van der Waals surface area contributed by atoms with E-state index in [2.05, 4.69) is 53.7 Å². The average molecular weight is 224 g/mol. The second-order valence-corrected chi connectivity index (χ2v) is 6.18. The predicted molar refractivity (Wildman–Crippen MR) is 67.3 cm³/mol. The quantitative estimate of drug-likeness (QED) is 0.709. The summed E-state index contributed by atoms with van der Waals surface area (Å²) in [4.78, 5) is 0. The molecule has 2 heteroatoms. The highest BCUT2D eigenvalue weighted by atomic mass is 16.5. The molecule has 1 aliphatic carbocycles. The van der Waals surface area contributed by atoms with E-state index in [-0.39, 0.29) is 17.3 Å². The maximum atomic E-state index is 5.87. The average Bonchev–Trinajstić information content (AvgIpc) is 2.03. The van der Waals surface area contributed by atoms with E-state index in [0.717, 1.165) is 12.2 Å². The van der Waals surface area contributed by atoms with Gasteiger partial charge in [0, 0.05) is 0 Å². The molecule has 16 heavy (non-hydrogen) atoms. The molecule has 0 radical (unpaired) electrons. The second kappa shape index (κ2) is 4.62. The monoisotopic (exact) mass is 224 g/mol. The fourth-order valence-electron chi connectivity index (χ4n) is 1.55. The summed E-state index contributed by atoms with van der Waals surface area (Å²) in [6, 6.07) is 0. The normalized spacial score (nSPS) is 21.9. The zero-order valence-corrected chi connectivity index (χ0v) is 11.3. The summed E-state index contributed by atoms with van der Waals surface area (Å²) < 4.78 is 11.6. The molecule has 0 aromatic rings. The minimum atomic E-state index is -0.131. The molecule has 0 bridgehead atoms. The Bertz CT molecular complexity index is 287. The first kappa shape index (κ1) is 13.3. The molecule has 0 aromatic heterocycles. The summed E-state index contributed by atoms with van der Waals surface area (Å²) in [5, 5.41) is 0. The second-order valence-electron chi connectivity index (χ2n) is 6.18. The van der Waals surface area contributed by atoms with E-state index in [0.29, 0.717) is 0 Å². The van der Waals surface area contributed by atoms with E-state index in [1.807, 2.05) is 6.08 Å². The number of allylic oxidation sites excluding steroid dienone is 1. The summed E-state index contributed by atoms with van der Waals surface area (Å²) in [6.45, 7) is 12.4. The highest BCUT2D eigenvalue weighted by molar-refractivity contribution is 5.19. The molecule has 2 nitrogen and oxygen atoms in total. The third-order valence-electron chi connectivity index (χ3n) is 1.96. The van der Waals surface area contributed by atoms with Crippen molar-refractivity contribution in [3.63, 3.8) is 0 Å². The van der Waals surface area contributed by atoms with Gasteiger partial charge in [-0.05, 0) is 60.1 Å². The van der Waals surface area contributed by atoms with Crippen LogP contribution in [0.1, 0.15) is 48.0 Å². The first-order chi connectivity index (χ1) is 7.16. The van der Waals surface area contributed by atoms with Crippen molar-refractivity contribution in [2.45, 2.75) is 65.3 Å². The molecule has 0 saturated heterocycles. The Morgan fingerprint density at radius 3 is 2.06 bits per heavy atom. The Labute approximate surface area is 99.3 Å². The summed E-state index contributed by atoms with van der Waals surface area (Å²) in [5.41, 5.74) is -0.223. The molecule has 0 amide bonds. The molecule has 0 heterocycles. The Morgan fingerprint density at radius 2 is 1.69 bits per heavy atom. The van der Waals surface area contributed by atoms with Crippen molar-refractivity contribution in [3.05, 3.63) is 24.0 Å². The Balaban J connectivity index is 2.48. The summed E-state index contributed by atoms with van der Waals surface area (Å²) in [5.74, 6) is 0.946. The van der Waals surface area contributed by atoms with Gasteiger partial charge in [-0.1, -0.05) is 6.08 Å². The molecule has 1 unspecified atom stereocenters. The van der Waals surface area contributed by atoms with Gasteiger partial charge < -0.3 is 9.47 Å². The lowest BCUT2D eigenvalue weighted by Gasteiger charge is -2.28. The lowest BCUT2D eigenvalue weighted by atomic mass is 10.1. The van der Waals surface area contributed by atoms with Crippen LogP contribution in [0.5, 0.6) is 0 Å². The van der Waals surface area contributed by atoms with E-state index in [4.69, 9.17) is 9.47 Å². The Kier molecular flexibility index (Phi) is 3.84. The first-order valence-corrected chi connectivity index (χ1v) is 5.91. The van der Waals surface area contributed by atoms with Gasteiger partial charge in [-0.2, -0.15) is 0 Å². The summed E-state index contributed by atoms with van der Waals surface area (Å²) in [6.07, 6.45) is 7.24. The molecule has 1 rings (SSSR count). The van der Waals surface area contributed by atoms with Gasteiger partial charge in [-0.25, -0.2) is 0 Å². The highest BCUT2D eigenvalue weighted by Crippen LogP contribution is 2.22. The molecule has 92 valence electrons. The van der Waals surface area contributed by atoms with Crippen molar-refractivity contribution in [1.82, 2.24) is 0 Å². The Morgan fingerprint density at radius 1 is 1.06 bits per heavy atom. The van der Waals surface area contributed by atoms with Crippen molar-refractivity contribution in [2.75, 3.05) is 0 Å². The van der Waals surface area contributed by atoms with E-state index in [9.17, 15) is 0 Å².